The summed E-state index contributed by atoms with van der Waals surface area (Å²) in [6, 6.07) is 0.475. The van der Waals surface area contributed by atoms with E-state index in [1.165, 1.54) is 32.1 Å². The SMILES string of the molecule is CCCCCCC(C)Nc1cnc(C)c(C)n1. The van der Waals surface area contributed by atoms with Crippen molar-refractivity contribution in [3.63, 3.8) is 0 Å². The van der Waals surface area contributed by atoms with Crippen molar-refractivity contribution in [1.29, 1.82) is 0 Å². The van der Waals surface area contributed by atoms with Crippen LogP contribution in [0, 0.1) is 13.8 Å². The quantitative estimate of drug-likeness (QED) is 0.729. The van der Waals surface area contributed by atoms with E-state index in [2.05, 4.69) is 29.1 Å². The van der Waals surface area contributed by atoms with E-state index < -0.39 is 0 Å². The molecule has 3 nitrogen and oxygen atoms in total. The molecule has 0 aliphatic rings. The summed E-state index contributed by atoms with van der Waals surface area (Å²) in [7, 11) is 0. The van der Waals surface area contributed by atoms with Crippen LogP contribution < -0.4 is 5.32 Å². The molecular formula is C14H25N3. The molecule has 0 aliphatic heterocycles. The Kier molecular flexibility index (Phi) is 5.95. The largest absolute Gasteiger partial charge is 0.366 e. The maximum absolute atomic E-state index is 4.48. The van der Waals surface area contributed by atoms with Crippen molar-refractivity contribution in [2.24, 2.45) is 0 Å². The van der Waals surface area contributed by atoms with Gasteiger partial charge in [-0.1, -0.05) is 32.6 Å². The molecular weight excluding hydrogens is 210 g/mol. The third-order valence-electron chi connectivity index (χ3n) is 3.08. The van der Waals surface area contributed by atoms with E-state index in [1.54, 1.807) is 0 Å². The van der Waals surface area contributed by atoms with Crippen molar-refractivity contribution in [1.82, 2.24) is 9.97 Å². The molecule has 1 rings (SSSR count). The first-order valence-electron chi connectivity index (χ1n) is 6.70. The molecule has 0 amide bonds. The summed E-state index contributed by atoms with van der Waals surface area (Å²) in [6.07, 6.45) is 8.29. The fourth-order valence-corrected chi connectivity index (χ4v) is 1.81. The molecule has 0 spiro atoms. The Balaban J connectivity index is 2.34. The highest BCUT2D eigenvalue weighted by Gasteiger charge is 2.04. The van der Waals surface area contributed by atoms with E-state index in [9.17, 15) is 0 Å². The van der Waals surface area contributed by atoms with Crippen molar-refractivity contribution in [2.45, 2.75) is 65.8 Å². The number of unbranched alkanes of at least 4 members (excludes halogenated alkanes) is 3. The fourth-order valence-electron chi connectivity index (χ4n) is 1.81. The predicted molar refractivity (Wildman–Crippen MR) is 73.3 cm³/mol. The Bertz CT molecular complexity index is 336. The molecule has 1 aromatic rings. The molecule has 1 heterocycles. The summed E-state index contributed by atoms with van der Waals surface area (Å²) in [5.41, 5.74) is 2.01. The van der Waals surface area contributed by atoms with Gasteiger partial charge in [0.1, 0.15) is 5.82 Å². The number of nitrogens with zero attached hydrogens (tertiary/aromatic N) is 2. The van der Waals surface area contributed by atoms with Crippen LogP contribution in [0.2, 0.25) is 0 Å². The van der Waals surface area contributed by atoms with Crippen LogP contribution in [-0.2, 0) is 0 Å². The fraction of sp³-hybridized carbons (Fsp3) is 0.714. The molecule has 1 aromatic heterocycles. The van der Waals surface area contributed by atoms with Crippen LogP contribution in [0.1, 0.15) is 57.3 Å². The summed E-state index contributed by atoms with van der Waals surface area (Å²) in [4.78, 5) is 8.80. The zero-order chi connectivity index (χ0) is 12.7. The smallest absolute Gasteiger partial charge is 0.145 e. The molecule has 0 bridgehead atoms. The first kappa shape index (κ1) is 13.9. The van der Waals surface area contributed by atoms with Crippen LogP contribution in [0.3, 0.4) is 0 Å². The number of aryl methyl sites for hydroxylation is 2. The van der Waals surface area contributed by atoms with Crippen molar-refractivity contribution in [3.05, 3.63) is 17.6 Å². The van der Waals surface area contributed by atoms with Gasteiger partial charge in [0.25, 0.3) is 0 Å². The van der Waals surface area contributed by atoms with Crippen LogP contribution in [0.4, 0.5) is 5.82 Å². The van der Waals surface area contributed by atoms with Crippen LogP contribution in [0.5, 0.6) is 0 Å². The first-order chi connectivity index (χ1) is 8.13. The van der Waals surface area contributed by atoms with Crippen molar-refractivity contribution < 1.29 is 0 Å². The first-order valence-corrected chi connectivity index (χ1v) is 6.70. The second-order valence-corrected chi connectivity index (χ2v) is 4.82. The van der Waals surface area contributed by atoms with E-state index >= 15 is 0 Å². The second-order valence-electron chi connectivity index (χ2n) is 4.82. The van der Waals surface area contributed by atoms with Gasteiger partial charge in [0.15, 0.2) is 0 Å². The highest BCUT2D eigenvalue weighted by atomic mass is 15.0. The molecule has 1 atom stereocenters. The van der Waals surface area contributed by atoms with E-state index in [4.69, 9.17) is 0 Å². The molecule has 0 fully saturated rings. The molecule has 0 aromatic carbocycles. The molecule has 0 saturated carbocycles. The molecule has 0 aliphatic carbocycles. The number of anilines is 1. The van der Waals surface area contributed by atoms with Gasteiger partial charge >= 0.3 is 0 Å². The minimum atomic E-state index is 0.475. The standard InChI is InChI=1S/C14H25N3/c1-5-6-7-8-9-11(2)16-14-10-15-12(3)13(4)17-14/h10-11H,5-9H2,1-4H3,(H,16,17). The van der Waals surface area contributed by atoms with Gasteiger partial charge in [-0.2, -0.15) is 0 Å². The van der Waals surface area contributed by atoms with Crippen LogP contribution in [0.25, 0.3) is 0 Å². The number of hydrogen-bond acceptors (Lipinski definition) is 3. The summed E-state index contributed by atoms with van der Waals surface area (Å²) >= 11 is 0. The highest BCUT2D eigenvalue weighted by Crippen LogP contribution is 2.11. The number of nitrogens with one attached hydrogen (secondary N) is 1. The number of hydrogen-bond donors (Lipinski definition) is 1. The lowest BCUT2D eigenvalue weighted by atomic mass is 10.1. The maximum atomic E-state index is 4.48. The van der Waals surface area contributed by atoms with Gasteiger partial charge in [-0.25, -0.2) is 4.98 Å². The monoisotopic (exact) mass is 235 g/mol. The molecule has 1 N–H and O–H groups in total. The van der Waals surface area contributed by atoms with E-state index in [0.29, 0.717) is 6.04 Å². The second kappa shape index (κ2) is 7.25. The van der Waals surface area contributed by atoms with Crippen molar-refractivity contribution >= 4 is 5.82 Å². The Morgan fingerprint density at radius 3 is 2.59 bits per heavy atom. The third-order valence-corrected chi connectivity index (χ3v) is 3.08. The molecule has 0 radical (unpaired) electrons. The van der Waals surface area contributed by atoms with E-state index in [1.807, 2.05) is 20.0 Å². The Morgan fingerprint density at radius 1 is 1.18 bits per heavy atom. The minimum absolute atomic E-state index is 0.475. The van der Waals surface area contributed by atoms with Gasteiger partial charge in [0, 0.05) is 6.04 Å². The van der Waals surface area contributed by atoms with Crippen LogP contribution in [0.15, 0.2) is 6.20 Å². The zero-order valence-electron chi connectivity index (χ0n) is 11.6. The summed E-state index contributed by atoms with van der Waals surface area (Å²) in [6.45, 7) is 8.44. The Labute approximate surface area is 105 Å². The third kappa shape index (κ3) is 5.16. The van der Waals surface area contributed by atoms with E-state index in [0.717, 1.165) is 17.2 Å². The summed E-state index contributed by atoms with van der Waals surface area (Å²) in [5.74, 6) is 0.899. The number of rotatable bonds is 7. The molecule has 96 valence electrons. The van der Waals surface area contributed by atoms with Crippen LogP contribution >= 0.6 is 0 Å². The van der Waals surface area contributed by atoms with Crippen molar-refractivity contribution in [3.8, 4) is 0 Å². The van der Waals surface area contributed by atoms with Gasteiger partial charge in [-0.15, -0.1) is 0 Å². The predicted octanol–water partition coefficient (Wildman–Crippen LogP) is 3.86. The highest BCUT2D eigenvalue weighted by molar-refractivity contribution is 5.34. The van der Waals surface area contributed by atoms with Gasteiger partial charge in [-0.3, -0.25) is 4.98 Å². The summed E-state index contributed by atoms with van der Waals surface area (Å²) in [5, 5.41) is 3.41. The van der Waals surface area contributed by atoms with Gasteiger partial charge in [-0.05, 0) is 27.2 Å². The van der Waals surface area contributed by atoms with Gasteiger partial charge in [0.05, 0.1) is 17.6 Å². The zero-order valence-corrected chi connectivity index (χ0v) is 11.6. The van der Waals surface area contributed by atoms with Crippen molar-refractivity contribution in [2.75, 3.05) is 5.32 Å². The Hall–Kier alpha value is -1.12. The summed E-state index contributed by atoms with van der Waals surface area (Å²) < 4.78 is 0. The lowest BCUT2D eigenvalue weighted by Gasteiger charge is -2.14. The molecule has 3 heteroatoms. The molecule has 0 saturated heterocycles. The normalized spacial score (nSPS) is 12.5. The topological polar surface area (TPSA) is 37.8 Å². The minimum Gasteiger partial charge on any atom is -0.366 e. The lowest BCUT2D eigenvalue weighted by Crippen LogP contribution is -2.16. The van der Waals surface area contributed by atoms with Gasteiger partial charge in [0.2, 0.25) is 0 Å². The average molecular weight is 235 g/mol. The van der Waals surface area contributed by atoms with E-state index in [-0.39, 0.29) is 0 Å². The molecule has 1 unspecified atom stereocenters. The average Bonchev–Trinajstić information content (AvgIpc) is 2.30. The Morgan fingerprint density at radius 2 is 1.94 bits per heavy atom. The maximum Gasteiger partial charge on any atom is 0.145 e. The van der Waals surface area contributed by atoms with Gasteiger partial charge < -0.3 is 5.32 Å². The lowest BCUT2D eigenvalue weighted by molar-refractivity contribution is 0.592. The van der Waals surface area contributed by atoms with Crippen LogP contribution in [-0.4, -0.2) is 16.0 Å². The molecule has 17 heavy (non-hydrogen) atoms. The number of aromatic nitrogens is 2.